The highest BCUT2D eigenvalue weighted by atomic mass is 16.4. The van der Waals surface area contributed by atoms with Crippen molar-refractivity contribution in [1.82, 2.24) is 0 Å². The first-order valence-corrected chi connectivity index (χ1v) is 3.20. The topological polar surface area (TPSA) is 37.3 Å². The van der Waals surface area contributed by atoms with Gasteiger partial charge in [-0.05, 0) is 5.41 Å². The lowest BCUT2D eigenvalue weighted by atomic mass is 10.1. The lowest BCUT2D eigenvalue weighted by Gasteiger charge is -1.94. The summed E-state index contributed by atoms with van der Waals surface area (Å²) in [5.74, 6) is 1.32. The zero-order valence-corrected chi connectivity index (χ0v) is 6.09. The molecule has 1 aliphatic carbocycles. The standard InChI is InChI=1S/C8H10O2/c1-4-5-6(7(9)10)8(5,2)3/h1,5-6H,2-3H3,(H,9,10)/t5-,6-/m0/s1. The van der Waals surface area contributed by atoms with Crippen molar-refractivity contribution in [3.8, 4) is 12.3 Å². The number of terminal acetylenes is 1. The van der Waals surface area contributed by atoms with Crippen LogP contribution in [-0.4, -0.2) is 11.1 Å². The van der Waals surface area contributed by atoms with Gasteiger partial charge in [-0.2, -0.15) is 0 Å². The Hall–Kier alpha value is -0.970. The van der Waals surface area contributed by atoms with E-state index in [1.165, 1.54) is 0 Å². The van der Waals surface area contributed by atoms with Gasteiger partial charge >= 0.3 is 5.97 Å². The Balaban J connectivity index is 2.73. The first-order valence-electron chi connectivity index (χ1n) is 3.20. The molecule has 0 unspecified atom stereocenters. The molecule has 1 saturated carbocycles. The van der Waals surface area contributed by atoms with E-state index in [4.69, 9.17) is 11.5 Å². The van der Waals surface area contributed by atoms with Gasteiger partial charge in [-0.1, -0.05) is 13.8 Å². The second-order valence-corrected chi connectivity index (χ2v) is 3.28. The maximum atomic E-state index is 10.5. The number of carboxylic acid groups (broad SMARTS) is 1. The molecule has 0 heterocycles. The lowest BCUT2D eigenvalue weighted by Crippen LogP contribution is -2.02. The van der Waals surface area contributed by atoms with Crippen molar-refractivity contribution in [1.29, 1.82) is 0 Å². The molecule has 0 amide bonds. The van der Waals surface area contributed by atoms with E-state index in [1.807, 2.05) is 13.8 Å². The monoisotopic (exact) mass is 138 g/mol. The molecule has 2 heteroatoms. The molecule has 0 saturated heterocycles. The Kier molecular flexibility index (Phi) is 1.25. The van der Waals surface area contributed by atoms with E-state index < -0.39 is 5.97 Å². The molecule has 0 radical (unpaired) electrons. The van der Waals surface area contributed by atoms with Gasteiger partial charge in [0.05, 0.1) is 5.92 Å². The van der Waals surface area contributed by atoms with Crippen molar-refractivity contribution in [3.05, 3.63) is 0 Å². The van der Waals surface area contributed by atoms with E-state index >= 15 is 0 Å². The van der Waals surface area contributed by atoms with Crippen molar-refractivity contribution in [3.63, 3.8) is 0 Å². The molecule has 2 nitrogen and oxygen atoms in total. The second kappa shape index (κ2) is 1.76. The zero-order chi connectivity index (χ0) is 7.94. The minimum Gasteiger partial charge on any atom is -0.481 e. The van der Waals surface area contributed by atoms with Crippen molar-refractivity contribution in [2.45, 2.75) is 13.8 Å². The summed E-state index contributed by atoms with van der Waals surface area (Å²) in [5, 5.41) is 8.59. The predicted octanol–water partition coefficient (Wildman–Crippen LogP) is 0.976. The zero-order valence-electron chi connectivity index (χ0n) is 6.09. The van der Waals surface area contributed by atoms with E-state index in [-0.39, 0.29) is 17.3 Å². The average molecular weight is 138 g/mol. The Morgan fingerprint density at radius 1 is 1.70 bits per heavy atom. The molecule has 1 rings (SSSR count). The summed E-state index contributed by atoms with van der Waals surface area (Å²) >= 11 is 0. The Morgan fingerprint density at radius 3 is 2.30 bits per heavy atom. The van der Waals surface area contributed by atoms with E-state index in [2.05, 4.69) is 5.92 Å². The number of hydrogen-bond acceptors (Lipinski definition) is 1. The van der Waals surface area contributed by atoms with E-state index in [0.29, 0.717) is 0 Å². The number of aliphatic carboxylic acids is 1. The summed E-state index contributed by atoms with van der Waals surface area (Å²) in [7, 11) is 0. The molecular formula is C8H10O2. The Labute approximate surface area is 60.2 Å². The van der Waals surface area contributed by atoms with Gasteiger partial charge in [0.25, 0.3) is 0 Å². The van der Waals surface area contributed by atoms with Crippen molar-refractivity contribution >= 4 is 5.97 Å². The van der Waals surface area contributed by atoms with Crippen LogP contribution in [0.15, 0.2) is 0 Å². The molecule has 1 fully saturated rings. The predicted molar refractivity (Wildman–Crippen MR) is 37.2 cm³/mol. The van der Waals surface area contributed by atoms with Crippen LogP contribution in [0.5, 0.6) is 0 Å². The van der Waals surface area contributed by atoms with Crippen LogP contribution in [0.2, 0.25) is 0 Å². The SMILES string of the molecule is C#C[C@H]1[C@@H](C(=O)O)C1(C)C. The second-order valence-electron chi connectivity index (χ2n) is 3.28. The summed E-state index contributed by atoms with van der Waals surface area (Å²) in [6.07, 6.45) is 5.12. The van der Waals surface area contributed by atoms with Crippen LogP contribution in [0.1, 0.15) is 13.8 Å². The normalized spacial score (nSPS) is 34.5. The molecule has 0 aromatic carbocycles. The van der Waals surface area contributed by atoms with Gasteiger partial charge in [-0.3, -0.25) is 4.79 Å². The highest BCUT2D eigenvalue weighted by molar-refractivity contribution is 5.76. The maximum Gasteiger partial charge on any atom is 0.308 e. The van der Waals surface area contributed by atoms with Crippen LogP contribution in [0, 0.1) is 29.6 Å². The number of carboxylic acids is 1. The van der Waals surface area contributed by atoms with Crippen LogP contribution in [-0.2, 0) is 4.79 Å². The largest absolute Gasteiger partial charge is 0.481 e. The molecule has 0 aromatic rings. The fourth-order valence-electron chi connectivity index (χ4n) is 1.41. The summed E-state index contributed by atoms with van der Waals surface area (Å²) < 4.78 is 0. The van der Waals surface area contributed by atoms with E-state index in [1.54, 1.807) is 0 Å². The van der Waals surface area contributed by atoms with Crippen LogP contribution in [0.4, 0.5) is 0 Å². The Bertz CT molecular complexity index is 210. The molecule has 0 bridgehead atoms. The number of hydrogen-bond donors (Lipinski definition) is 1. The van der Waals surface area contributed by atoms with Crippen molar-refractivity contribution in [2.24, 2.45) is 17.3 Å². The van der Waals surface area contributed by atoms with Gasteiger partial charge in [0.1, 0.15) is 0 Å². The lowest BCUT2D eigenvalue weighted by molar-refractivity contribution is -0.139. The van der Waals surface area contributed by atoms with Crippen molar-refractivity contribution in [2.75, 3.05) is 0 Å². The molecule has 0 spiro atoms. The first kappa shape index (κ1) is 7.14. The molecule has 1 N–H and O–H groups in total. The smallest absolute Gasteiger partial charge is 0.308 e. The third-order valence-electron chi connectivity index (χ3n) is 2.27. The molecule has 10 heavy (non-hydrogen) atoms. The van der Waals surface area contributed by atoms with Crippen LogP contribution in [0.25, 0.3) is 0 Å². The number of carbonyl (C=O) groups is 1. The summed E-state index contributed by atoms with van der Waals surface area (Å²) in [6.45, 7) is 3.77. The molecule has 0 aromatic heterocycles. The molecule has 1 aliphatic rings. The minimum absolute atomic E-state index is 0.0648. The van der Waals surface area contributed by atoms with Crippen LogP contribution in [0.3, 0.4) is 0 Å². The molecule has 0 aliphatic heterocycles. The van der Waals surface area contributed by atoms with Crippen LogP contribution < -0.4 is 0 Å². The van der Waals surface area contributed by atoms with Gasteiger partial charge in [0.15, 0.2) is 0 Å². The average Bonchev–Trinajstić information content (AvgIpc) is 2.33. The molecule has 54 valence electrons. The van der Waals surface area contributed by atoms with Gasteiger partial charge in [0.2, 0.25) is 0 Å². The first-order chi connectivity index (χ1) is 4.51. The van der Waals surface area contributed by atoms with Gasteiger partial charge in [-0.25, -0.2) is 0 Å². The maximum absolute atomic E-state index is 10.5. The molecular weight excluding hydrogens is 128 g/mol. The third kappa shape index (κ3) is 0.706. The molecule has 2 atom stereocenters. The quantitative estimate of drug-likeness (QED) is 0.548. The number of rotatable bonds is 1. The van der Waals surface area contributed by atoms with E-state index in [9.17, 15) is 4.79 Å². The van der Waals surface area contributed by atoms with Crippen LogP contribution >= 0.6 is 0 Å². The third-order valence-corrected chi connectivity index (χ3v) is 2.27. The fraction of sp³-hybridized carbons (Fsp3) is 0.625. The summed E-state index contributed by atoms with van der Waals surface area (Å²) in [6, 6.07) is 0. The summed E-state index contributed by atoms with van der Waals surface area (Å²) in [4.78, 5) is 10.5. The summed E-state index contributed by atoms with van der Waals surface area (Å²) in [5.41, 5.74) is -0.180. The van der Waals surface area contributed by atoms with Gasteiger partial charge < -0.3 is 5.11 Å². The highest BCUT2D eigenvalue weighted by Gasteiger charge is 2.61. The highest BCUT2D eigenvalue weighted by Crippen LogP contribution is 2.57. The minimum atomic E-state index is -0.770. The fourth-order valence-corrected chi connectivity index (χ4v) is 1.41. The Morgan fingerprint density at radius 2 is 2.20 bits per heavy atom. The van der Waals surface area contributed by atoms with Gasteiger partial charge in [0, 0.05) is 5.92 Å². The van der Waals surface area contributed by atoms with E-state index in [0.717, 1.165) is 0 Å². The van der Waals surface area contributed by atoms with Crippen molar-refractivity contribution < 1.29 is 9.90 Å². The van der Waals surface area contributed by atoms with Gasteiger partial charge in [-0.15, -0.1) is 12.3 Å².